The topological polar surface area (TPSA) is 106 Å². The molecule has 9 nitrogen and oxygen atoms in total. The summed E-state index contributed by atoms with van der Waals surface area (Å²) in [6, 6.07) is 9.34. The Morgan fingerprint density at radius 3 is 2.79 bits per heavy atom. The average molecular weight is 572 g/mol. The minimum atomic E-state index is -4.12. The number of carbonyl (C=O) groups is 1. The zero-order valence-electron chi connectivity index (χ0n) is 20.4. The van der Waals surface area contributed by atoms with Crippen LogP contribution >= 0.6 is 23.2 Å². The number of hydrogen-bond donors (Lipinski definition) is 1. The van der Waals surface area contributed by atoms with Crippen molar-refractivity contribution in [3.8, 4) is 11.4 Å². The van der Waals surface area contributed by atoms with E-state index in [-0.39, 0.29) is 28.1 Å². The highest BCUT2D eigenvalue weighted by Crippen LogP contribution is 2.36. The molecule has 1 atom stereocenters. The van der Waals surface area contributed by atoms with Crippen LogP contribution in [-0.2, 0) is 21.4 Å². The van der Waals surface area contributed by atoms with E-state index in [9.17, 15) is 13.2 Å². The van der Waals surface area contributed by atoms with Crippen LogP contribution in [-0.4, -0.2) is 52.8 Å². The van der Waals surface area contributed by atoms with E-state index >= 15 is 0 Å². The summed E-state index contributed by atoms with van der Waals surface area (Å²) < 4.78 is 36.1. The number of ether oxygens (including phenoxy) is 1. The molecular weight excluding hydrogens is 549 g/mol. The first kappa shape index (κ1) is 26.2. The number of sulfonamides is 1. The summed E-state index contributed by atoms with van der Waals surface area (Å²) in [6.07, 6.45) is 8.41. The van der Waals surface area contributed by atoms with Crippen LogP contribution in [0.15, 0.2) is 72.2 Å². The number of nitrogens with zero attached hydrogens (tertiary/aromatic N) is 4. The molecule has 4 aromatic rings. The van der Waals surface area contributed by atoms with Crippen molar-refractivity contribution in [1.82, 2.24) is 24.2 Å². The number of hydrogen-bond acceptors (Lipinski definition) is 6. The van der Waals surface area contributed by atoms with Crippen LogP contribution in [0.4, 0.5) is 0 Å². The Kier molecular flexibility index (Phi) is 7.15. The quantitative estimate of drug-likeness (QED) is 0.332. The number of rotatable bonds is 7. The number of carbonyl (C=O) groups excluding carboxylic acids is 1. The fourth-order valence-corrected chi connectivity index (χ4v) is 6.72. The SMILES string of the molecule is CNC(=O)[C@@H]1C=CCN1S(=O)(=O)c1ccc(Cl)c(COc2cccc3c(-n4ccnc4)cc(C)nc23)c1Cl. The van der Waals surface area contributed by atoms with Crippen LogP contribution in [0.1, 0.15) is 11.3 Å². The standard InChI is InChI=1S/C26H23Cl2N5O4S/c1-16-13-21(32-12-10-30-15-32)17-5-3-7-22(25(17)31-16)37-14-18-19(27)8-9-23(24(18)28)38(35,36)33-11-4-6-20(33)26(34)29-2/h3-10,12-13,15,20H,11,14H2,1-2H3,(H,29,34)/t20-/m0/s1. The Bertz CT molecular complexity index is 1670. The number of halogens is 2. The Hall–Kier alpha value is -3.44. The summed E-state index contributed by atoms with van der Waals surface area (Å²) in [5, 5.41) is 3.52. The van der Waals surface area contributed by atoms with Gasteiger partial charge in [0.2, 0.25) is 15.9 Å². The van der Waals surface area contributed by atoms with Gasteiger partial charge in [-0.1, -0.05) is 47.5 Å². The number of benzene rings is 2. The number of aromatic nitrogens is 3. The molecule has 0 aliphatic carbocycles. The monoisotopic (exact) mass is 571 g/mol. The molecule has 1 aliphatic rings. The predicted octanol–water partition coefficient (Wildman–Crippen LogP) is 4.29. The van der Waals surface area contributed by atoms with Crippen molar-refractivity contribution in [3.05, 3.63) is 88.6 Å². The minimum Gasteiger partial charge on any atom is -0.487 e. The molecule has 0 saturated carbocycles. The molecule has 12 heteroatoms. The van der Waals surface area contributed by atoms with Gasteiger partial charge in [0.1, 0.15) is 28.8 Å². The minimum absolute atomic E-state index is 0.0471. The maximum Gasteiger partial charge on any atom is 0.245 e. The summed E-state index contributed by atoms with van der Waals surface area (Å²) >= 11 is 13.1. The molecule has 2 aromatic heterocycles. The number of fused-ring (bicyclic) bond motifs is 1. The van der Waals surface area contributed by atoms with E-state index in [1.54, 1.807) is 24.7 Å². The maximum atomic E-state index is 13.5. The molecule has 5 rings (SSSR count). The van der Waals surface area contributed by atoms with E-state index in [2.05, 4.69) is 15.3 Å². The summed E-state index contributed by atoms with van der Waals surface area (Å²) in [7, 11) is -2.67. The lowest BCUT2D eigenvalue weighted by molar-refractivity contribution is -0.122. The molecule has 2 aromatic carbocycles. The summed E-state index contributed by atoms with van der Waals surface area (Å²) in [5.41, 5.74) is 2.61. The largest absolute Gasteiger partial charge is 0.487 e. The molecule has 0 spiro atoms. The Morgan fingerprint density at radius 2 is 2.05 bits per heavy atom. The molecule has 1 aliphatic heterocycles. The highest BCUT2D eigenvalue weighted by Gasteiger charge is 2.37. The van der Waals surface area contributed by atoms with Crippen LogP contribution in [0.5, 0.6) is 5.75 Å². The number of para-hydroxylation sites is 1. The first-order chi connectivity index (χ1) is 18.2. The van der Waals surface area contributed by atoms with Crippen molar-refractivity contribution in [1.29, 1.82) is 0 Å². The average Bonchev–Trinajstić information content (AvgIpc) is 3.61. The number of likely N-dealkylation sites (N-methyl/N-ethyl adjacent to an activating group) is 1. The van der Waals surface area contributed by atoms with Crippen molar-refractivity contribution in [2.24, 2.45) is 0 Å². The molecule has 196 valence electrons. The van der Waals surface area contributed by atoms with Gasteiger partial charge in [-0.25, -0.2) is 18.4 Å². The normalized spacial score (nSPS) is 15.7. The van der Waals surface area contributed by atoms with E-state index in [1.807, 2.05) is 35.9 Å². The maximum absolute atomic E-state index is 13.5. The zero-order valence-corrected chi connectivity index (χ0v) is 22.8. The van der Waals surface area contributed by atoms with Crippen LogP contribution in [0.25, 0.3) is 16.6 Å². The van der Waals surface area contributed by atoms with Gasteiger partial charge >= 0.3 is 0 Å². The molecular formula is C26H23Cl2N5O4S. The Labute approximate surface area is 229 Å². The second kappa shape index (κ2) is 10.4. The first-order valence-electron chi connectivity index (χ1n) is 11.6. The Balaban J connectivity index is 1.49. The van der Waals surface area contributed by atoms with Gasteiger partial charge in [0.15, 0.2) is 0 Å². The summed E-state index contributed by atoms with van der Waals surface area (Å²) in [6.45, 7) is 1.83. The number of pyridine rings is 1. The lowest BCUT2D eigenvalue weighted by Gasteiger charge is -2.24. The fourth-order valence-electron chi connectivity index (χ4n) is 4.36. The van der Waals surface area contributed by atoms with Gasteiger partial charge in [-0.3, -0.25) is 4.79 Å². The van der Waals surface area contributed by atoms with Gasteiger partial charge in [-0.15, -0.1) is 0 Å². The molecule has 0 saturated heterocycles. The molecule has 0 bridgehead atoms. The van der Waals surface area contributed by atoms with E-state index < -0.39 is 22.0 Å². The number of imidazole rings is 1. The molecule has 0 fully saturated rings. The van der Waals surface area contributed by atoms with Crippen molar-refractivity contribution in [2.75, 3.05) is 13.6 Å². The second-order valence-corrected chi connectivity index (χ2v) is 11.2. The van der Waals surface area contributed by atoms with E-state index in [0.717, 1.165) is 21.1 Å². The van der Waals surface area contributed by atoms with Gasteiger partial charge in [-0.05, 0) is 31.2 Å². The summed E-state index contributed by atoms with van der Waals surface area (Å²) in [5.74, 6) is 0.0427. The van der Waals surface area contributed by atoms with Crippen molar-refractivity contribution in [2.45, 2.75) is 24.5 Å². The molecule has 38 heavy (non-hydrogen) atoms. The number of aryl methyl sites for hydroxylation is 1. The Morgan fingerprint density at radius 1 is 1.24 bits per heavy atom. The van der Waals surface area contributed by atoms with Gasteiger partial charge < -0.3 is 14.6 Å². The molecule has 0 radical (unpaired) electrons. The van der Waals surface area contributed by atoms with Crippen molar-refractivity contribution < 1.29 is 17.9 Å². The molecule has 3 heterocycles. The van der Waals surface area contributed by atoms with Crippen molar-refractivity contribution >= 4 is 50.0 Å². The molecule has 1 N–H and O–H groups in total. The highest BCUT2D eigenvalue weighted by molar-refractivity contribution is 7.89. The molecule has 1 amide bonds. The fraction of sp³-hybridized carbons (Fsp3) is 0.192. The third kappa shape index (κ3) is 4.64. The van der Waals surface area contributed by atoms with E-state index in [0.29, 0.717) is 16.8 Å². The number of amides is 1. The first-order valence-corrected chi connectivity index (χ1v) is 13.8. The van der Waals surface area contributed by atoms with Gasteiger partial charge in [-0.2, -0.15) is 4.31 Å². The van der Waals surface area contributed by atoms with E-state index in [1.165, 1.54) is 25.3 Å². The van der Waals surface area contributed by atoms with Crippen LogP contribution in [0.2, 0.25) is 10.0 Å². The predicted molar refractivity (Wildman–Crippen MR) is 145 cm³/mol. The van der Waals surface area contributed by atoms with Crippen LogP contribution < -0.4 is 10.1 Å². The lowest BCUT2D eigenvalue weighted by Crippen LogP contribution is -2.45. The van der Waals surface area contributed by atoms with Crippen LogP contribution in [0.3, 0.4) is 0 Å². The number of nitrogens with one attached hydrogen (secondary N) is 1. The highest BCUT2D eigenvalue weighted by atomic mass is 35.5. The molecule has 0 unspecified atom stereocenters. The van der Waals surface area contributed by atoms with Crippen molar-refractivity contribution in [3.63, 3.8) is 0 Å². The second-order valence-electron chi connectivity index (χ2n) is 8.59. The van der Waals surface area contributed by atoms with E-state index in [4.69, 9.17) is 27.9 Å². The zero-order chi connectivity index (χ0) is 27.0. The lowest BCUT2D eigenvalue weighted by atomic mass is 10.1. The smallest absolute Gasteiger partial charge is 0.245 e. The summed E-state index contributed by atoms with van der Waals surface area (Å²) in [4.78, 5) is 20.9. The third-order valence-electron chi connectivity index (χ3n) is 6.23. The third-order valence-corrected chi connectivity index (χ3v) is 9.02. The van der Waals surface area contributed by atoms with Gasteiger partial charge in [0.25, 0.3) is 0 Å². The van der Waals surface area contributed by atoms with Gasteiger partial charge in [0.05, 0.1) is 17.0 Å². The van der Waals surface area contributed by atoms with Crippen LogP contribution in [0, 0.1) is 6.92 Å². The van der Waals surface area contributed by atoms with Gasteiger partial charge in [0, 0.05) is 47.7 Å².